The zero-order chi connectivity index (χ0) is 18.1. The molecule has 0 amide bonds. The van der Waals surface area contributed by atoms with E-state index in [-0.39, 0.29) is 10.6 Å². The molecule has 0 bridgehead atoms. The molecular weight excluding hydrogens is 346 g/mol. The summed E-state index contributed by atoms with van der Waals surface area (Å²) in [6.07, 6.45) is 3.75. The molecule has 0 unspecified atom stereocenters. The summed E-state index contributed by atoms with van der Waals surface area (Å²) < 4.78 is 1.12. The van der Waals surface area contributed by atoms with Crippen molar-refractivity contribution in [1.82, 2.24) is 4.98 Å². The third-order valence-corrected chi connectivity index (χ3v) is 5.19. The monoisotopic (exact) mass is 361 g/mol. The van der Waals surface area contributed by atoms with Crippen LogP contribution < -0.4 is 5.32 Å². The van der Waals surface area contributed by atoms with E-state index in [1.807, 2.05) is 30.4 Å². The van der Waals surface area contributed by atoms with Crippen molar-refractivity contribution < 1.29 is 4.92 Å². The Balaban J connectivity index is 1.72. The first-order valence-electron chi connectivity index (χ1n) is 8.08. The van der Waals surface area contributed by atoms with Crippen LogP contribution in [-0.2, 0) is 0 Å². The van der Waals surface area contributed by atoms with E-state index in [4.69, 9.17) is 4.98 Å². The van der Waals surface area contributed by atoms with Gasteiger partial charge in [-0.25, -0.2) is 4.98 Å². The largest absolute Gasteiger partial charge is 0.383 e. The number of nitrogens with one attached hydrogen (secondary N) is 1. The molecule has 0 aliphatic carbocycles. The van der Waals surface area contributed by atoms with Gasteiger partial charge in [0.2, 0.25) is 0 Å². The average Bonchev–Trinajstić information content (AvgIpc) is 3.09. The second-order valence-electron chi connectivity index (χ2n) is 5.80. The van der Waals surface area contributed by atoms with Gasteiger partial charge in [0.05, 0.1) is 15.1 Å². The summed E-state index contributed by atoms with van der Waals surface area (Å²) in [5, 5.41) is 17.2. The quantitative estimate of drug-likeness (QED) is 0.381. The van der Waals surface area contributed by atoms with E-state index in [1.165, 1.54) is 5.39 Å². The number of nitrogens with zero attached hydrogens (tertiary/aromatic N) is 2. The topological polar surface area (TPSA) is 68.1 Å². The first-order valence-corrected chi connectivity index (χ1v) is 8.90. The van der Waals surface area contributed by atoms with Gasteiger partial charge in [0.15, 0.2) is 0 Å². The predicted molar refractivity (Wildman–Crippen MR) is 109 cm³/mol. The number of benzene rings is 3. The zero-order valence-corrected chi connectivity index (χ0v) is 14.8. The molecule has 4 aromatic rings. The standard InChI is InChI=1S/C20H15N3O2S/c1-21-16-9-6-13(12-17(16)23(24)25)7-11-19-22-20-15-5-3-2-4-14(15)8-10-18(20)26-19/h2-12,21H,1H3/b11-7+. The van der Waals surface area contributed by atoms with E-state index in [9.17, 15) is 10.1 Å². The molecule has 1 heterocycles. The van der Waals surface area contributed by atoms with Crippen LogP contribution in [0.1, 0.15) is 10.6 Å². The van der Waals surface area contributed by atoms with Crippen molar-refractivity contribution in [1.29, 1.82) is 0 Å². The lowest BCUT2D eigenvalue weighted by molar-refractivity contribution is -0.383. The van der Waals surface area contributed by atoms with Crippen LogP contribution in [0, 0.1) is 10.1 Å². The van der Waals surface area contributed by atoms with Crippen LogP contribution in [0.3, 0.4) is 0 Å². The summed E-state index contributed by atoms with van der Waals surface area (Å²) in [6.45, 7) is 0. The van der Waals surface area contributed by atoms with Crippen LogP contribution in [0.4, 0.5) is 11.4 Å². The minimum Gasteiger partial charge on any atom is -0.383 e. The van der Waals surface area contributed by atoms with E-state index in [0.29, 0.717) is 5.69 Å². The van der Waals surface area contributed by atoms with Crippen molar-refractivity contribution in [3.05, 3.63) is 75.3 Å². The maximum Gasteiger partial charge on any atom is 0.292 e. The third kappa shape index (κ3) is 2.91. The fraction of sp³-hybridized carbons (Fsp3) is 0.0500. The first kappa shape index (κ1) is 16.2. The van der Waals surface area contributed by atoms with Crippen LogP contribution >= 0.6 is 11.3 Å². The van der Waals surface area contributed by atoms with Crippen LogP contribution in [0.2, 0.25) is 0 Å². The molecule has 0 saturated heterocycles. The fourth-order valence-electron chi connectivity index (χ4n) is 2.93. The van der Waals surface area contributed by atoms with Gasteiger partial charge in [-0.15, -0.1) is 11.3 Å². The number of hydrogen-bond acceptors (Lipinski definition) is 5. The Labute approximate surface area is 153 Å². The molecule has 0 aliphatic heterocycles. The van der Waals surface area contributed by atoms with Crippen molar-refractivity contribution in [3.63, 3.8) is 0 Å². The highest BCUT2D eigenvalue weighted by Gasteiger charge is 2.12. The summed E-state index contributed by atoms with van der Waals surface area (Å²) in [6, 6.07) is 17.5. The van der Waals surface area contributed by atoms with E-state index < -0.39 is 0 Å². The number of fused-ring (bicyclic) bond motifs is 3. The maximum atomic E-state index is 11.2. The predicted octanol–water partition coefficient (Wildman–Crippen LogP) is 5.57. The Hall–Kier alpha value is -3.25. The summed E-state index contributed by atoms with van der Waals surface area (Å²) in [7, 11) is 1.67. The lowest BCUT2D eigenvalue weighted by Crippen LogP contribution is -1.96. The summed E-state index contributed by atoms with van der Waals surface area (Å²) in [5.74, 6) is 0. The van der Waals surface area contributed by atoms with Crippen LogP contribution in [0.5, 0.6) is 0 Å². The molecule has 128 valence electrons. The molecule has 0 fully saturated rings. The van der Waals surface area contributed by atoms with Gasteiger partial charge >= 0.3 is 0 Å². The molecule has 0 spiro atoms. The molecule has 0 atom stereocenters. The van der Waals surface area contributed by atoms with Gasteiger partial charge < -0.3 is 5.32 Å². The Morgan fingerprint density at radius 1 is 1.12 bits per heavy atom. The van der Waals surface area contributed by atoms with E-state index in [2.05, 4.69) is 29.6 Å². The lowest BCUT2D eigenvalue weighted by atomic mass is 10.1. The van der Waals surface area contributed by atoms with Gasteiger partial charge in [0, 0.05) is 18.5 Å². The van der Waals surface area contributed by atoms with Crippen molar-refractivity contribution in [2.24, 2.45) is 0 Å². The zero-order valence-electron chi connectivity index (χ0n) is 14.0. The van der Waals surface area contributed by atoms with Crippen LogP contribution in [-0.4, -0.2) is 17.0 Å². The number of thiazole rings is 1. The van der Waals surface area contributed by atoms with Crippen LogP contribution in [0.15, 0.2) is 54.6 Å². The van der Waals surface area contributed by atoms with Crippen LogP contribution in [0.25, 0.3) is 33.1 Å². The smallest absolute Gasteiger partial charge is 0.292 e. The van der Waals surface area contributed by atoms with Gasteiger partial charge in [-0.2, -0.15) is 0 Å². The second kappa shape index (κ2) is 6.57. The van der Waals surface area contributed by atoms with Gasteiger partial charge in [0.25, 0.3) is 5.69 Å². The number of nitro groups is 1. The Morgan fingerprint density at radius 2 is 1.96 bits per heavy atom. The molecule has 0 saturated carbocycles. The van der Waals surface area contributed by atoms with E-state index >= 15 is 0 Å². The van der Waals surface area contributed by atoms with Crippen molar-refractivity contribution in [2.45, 2.75) is 0 Å². The molecule has 26 heavy (non-hydrogen) atoms. The first-order chi connectivity index (χ1) is 12.7. The van der Waals surface area contributed by atoms with Gasteiger partial charge in [-0.3, -0.25) is 10.1 Å². The lowest BCUT2D eigenvalue weighted by Gasteiger charge is -2.02. The van der Waals surface area contributed by atoms with Gasteiger partial charge in [-0.1, -0.05) is 42.5 Å². The third-order valence-electron chi connectivity index (χ3n) is 4.21. The number of hydrogen-bond donors (Lipinski definition) is 1. The summed E-state index contributed by atoms with van der Waals surface area (Å²) >= 11 is 1.61. The molecule has 1 aromatic heterocycles. The summed E-state index contributed by atoms with van der Waals surface area (Å²) in [4.78, 5) is 15.5. The number of aromatic nitrogens is 1. The number of anilines is 1. The normalized spacial score (nSPS) is 11.4. The minimum absolute atomic E-state index is 0.0601. The number of rotatable bonds is 4. The molecule has 0 aliphatic rings. The molecule has 6 heteroatoms. The Morgan fingerprint density at radius 3 is 2.77 bits per heavy atom. The Kier molecular flexibility index (Phi) is 4.10. The molecular formula is C20H15N3O2S. The molecule has 3 aromatic carbocycles. The van der Waals surface area contributed by atoms with Crippen molar-refractivity contribution >= 4 is 55.9 Å². The SMILES string of the molecule is CNc1ccc(/C=C/c2nc3c(ccc4ccccc43)s2)cc1[N+](=O)[O-]. The second-order valence-corrected chi connectivity index (χ2v) is 6.86. The molecule has 0 radical (unpaired) electrons. The van der Waals surface area contributed by atoms with E-state index in [1.54, 1.807) is 30.5 Å². The molecule has 1 N–H and O–H groups in total. The highest BCUT2D eigenvalue weighted by molar-refractivity contribution is 7.19. The van der Waals surface area contributed by atoms with Crippen molar-refractivity contribution in [2.75, 3.05) is 12.4 Å². The van der Waals surface area contributed by atoms with Gasteiger partial charge in [0.1, 0.15) is 10.7 Å². The minimum atomic E-state index is -0.382. The molecule has 4 rings (SSSR count). The number of nitro benzene ring substituents is 1. The van der Waals surface area contributed by atoms with Crippen molar-refractivity contribution in [3.8, 4) is 0 Å². The fourth-order valence-corrected chi connectivity index (χ4v) is 3.82. The summed E-state index contributed by atoms with van der Waals surface area (Å²) in [5.41, 5.74) is 2.31. The van der Waals surface area contributed by atoms with E-state index in [0.717, 1.165) is 26.2 Å². The molecule has 5 nitrogen and oxygen atoms in total. The van der Waals surface area contributed by atoms with Gasteiger partial charge in [-0.05, 0) is 29.2 Å². The Bertz CT molecular complexity index is 1160. The maximum absolute atomic E-state index is 11.2. The average molecular weight is 361 g/mol. The highest BCUT2D eigenvalue weighted by Crippen LogP contribution is 2.30. The highest BCUT2D eigenvalue weighted by atomic mass is 32.1.